The lowest BCUT2D eigenvalue weighted by Crippen LogP contribution is -2.33. The van der Waals surface area contributed by atoms with Crippen molar-refractivity contribution in [2.45, 2.75) is 38.6 Å². The van der Waals surface area contributed by atoms with Crippen molar-refractivity contribution in [1.29, 1.82) is 0 Å². The molecule has 2 aromatic carbocycles. The van der Waals surface area contributed by atoms with Crippen LogP contribution < -0.4 is 21.9 Å². The molecule has 0 saturated heterocycles. The Balaban J connectivity index is 1.52. The Morgan fingerprint density at radius 3 is 2.42 bits per heavy atom. The van der Waals surface area contributed by atoms with E-state index in [4.69, 9.17) is 10.7 Å². The first-order valence-corrected chi connectivity index (χ1v) is 10.9. The Hall–Kier alpha value is -4.01. The summed E-state index contributed by atoms with van der Waals surface area (Å²) in [5, 5.41) is 5.68. The Kier molecular flexibility index (Phi) is 6.48. The second-order valence-corrected chi connectivity index (χ2v) is 8.06. The van der Waals surface area contributed by atoms with Gasteiger partial charge < -0.3 is 16.4 Å². The minimum absolute atomic E-state index is 0.0611. The highest BCUT2D eigenvalue weighted by molar-refractivity contribution is 6.06. The van der Waals surface area contributed by atoms with E-state index >= 15 is 0 Å². The van der Waals surface area contributed by atoms with Crippen molar-refractivity contribution in [3.05, 3.63) is 69.8 Å². The predicted molar refractivity (Wildman–Crippen MR) is 124 cm³/mol. The van der Waals surface area contributed by atoms with E-state index in [0.29, 0.717) is 34.3 Å². The molecule has 170 valence electrons. The Labute approximate surface area is 190 Å². The lowest BCUT2D eigenvalue weighted by molar-refractivity contribution is -0.117. The van der Waals surface area contributed by atoms with Crippen LogP contribution in [0.4, 0.5) is 5.69 Å². The van der Waals surface area contributed by atoms with Crippen molar-refractivity contribution in [1.82, 2.24) is 14.9 Å². The van der Waals surface area contributed by atoms with Gasteiger partial charge in [-0.3, -0.25) is 23.7 Å². The van der Waals surface area contributed by atoms with Crippen LogP contribution in [-0.2, 0) is 17.8 Å². The van der Waals surface area contributed by atoms with Crippen LogP contribution in [0.1, 0.15) is 52.2 Å². The molecule has 0 bridgehead atoms. The Bertz CT molecular complexity index is 1280. The number of aromatic nitrogens is 2. The molecule has 3 amide bonds. The zero-order valence-corrected chi connectivity index (χ0v) is 18.1. The quantitative estimate of drug-likeness (QED) is 0.549. The maximum atomic E-state index is 12.9. The third-order valence-electron chi connectivity index (χ3n) is 5.66. The molecule has 9 nitrogen and oxygen atoms in total. The number of benzene rings is 2. The number of primary amides is 1. The number of hydrogen-bond acceptors (Lipinski definition) is 5. The zero-order valence-electron chi connectivity index (χ0n) is 18.1. The molecule has 0 radical (unpaired) electrons. The van der Waals surface area contributed by atoms with E-state index in [-0.39, 0.29) is 18.0 Å². The number of fused-ring (bicyclic) bond motifs is 2. The van der Waals surface area contributed by atoms with Gasteiger partial charge in [0.15, 0.2) is 0 Å². The molecule has 0 saturated carbocycles. The third kappa shape index (κ3) is 5.08. The molecule has 1 aliphatic rings. The van der Waals surface area contributed by atoms with E-state index in [1.807, 2.05) is 0 Å². The molecular weight excluding hydrogens is 422 g/mol. The number of rotatable bonds is 5. The van der Waals surface area contributed by atoms with E-state index in [9.17, 15) is 19.2 Å². The maximum absolute atomic E-state index is 12.9. The normalized spacial score (nSPS) is 13.5. The summed E-state index contributed by atoms with van der Waals surface area (Å²) in [5.74, 6) is -0.647. The van der Waals surface area contributed by atoms with Gasteiger partial charge in [0.05, 0.1) is 17.4 Å². The summed E-state index contributed by atoms with van der Waals surface area (Å²) < 4.78 is 1.77. The van der Waals surface area contributed by atoms with Gasteiger partial charge in [0.25, 0.3) is 17.4 Å². The SMILES string of the molecule is NC(=O)CNC(=O)c1ccc(NC(=O)c2ccc3c(=O)n4c(nc3c2)CCCCCC4)cc1. The molecule has 0 fully saturated rings. The number of anilines is 1. The van der Waals surface area contributed by atoms with Gasteiger partial charge in [-0.05, 0) is 55.3 Å². The summed E-state index contributed by atoms with van der Waals surface area (Å²) in [4.78, 5) is 53.2. The highest BCUT2D eigenvalue weighted by atomic mass is 16.2. The van der Waals surface area contributed by atoms with E-state index < -0.39 is 11.8 Å². The summed E-state index contributed by atoms with van der Waals surface area (Å²) in [6.07, 6.45) is 4.95. The van der Waals surface area contributed by atoms with Gasteiger partial charge in [-0.25, -0.2) is 4.98 Å². The molecule has 9 heteroatoms. The number of amides is 3. The van der Waals surface area contributed by atoms with Crippen molar-refractivity contribution in [2.24, 2.45) is 5.73 Å². The average Bonchev–Trinajstić information content (AvgIpc) is 2.79. The maximum Gasteiger partial charge on any atom is 0.261 e. The molecular formula is C24H25N5O4. The molecule has 0 aliphatic carbocycles. The largest absolute Gasteiger partial charge is 0.368 e. The van der Waals surface area contributed by atoms with Crippen molar-refractivity contribution in [3.63, 3.8) is 0 Å². The van der Waals surface area contributed by atoms with Gasteiger partial charge in [0, 0.05) is 29.8 Å². The van der Waals surface area contributed by atoms with Crippen LogP contribution in [0.15, 0.2) is 47.3 Å². The number of nitrogens with one attached hydrogen (secondary N) is 2. The van der Waals surface area contributed by atoms with Crippen LogP contribution in [-0.4, -0.2) is 33.8 Å². The summed E-state index contributed by atoms with van der Waals surface area (Å²) in [7, 11) is 0. The summed E-state index contributed by atoms with van der Waals surface area (Å²) >= 11 is 0. The summed E-state index contributed by atoms with van der Waals surface area (Å²) in [6.45, 7) is 0.427. The van der Waals surface area contributed by atoms with Crippen molar-refractivity contribution in [2.75, 3.05) is 11.9 Å². The molecule has 4 rings (SSSR count). The highest BCUT2D eigenvalue weighted by Crippen LogP contribution is 2.18. The standard InChI is InChI=1S/C24H25N5O4/c25-20(30)14-26-22(31)15-6-9-17(10-7-15)27-23(32)16-8-11-18-19(13-16)28-21-5-3-1-2-4-12-29(21)24(18)33/h6-11,13H,1-5,12,14H2,(H2,25,30)(H,26,31)(H,27,32). The lowest BCUT2D eigenvalue weighted by Gasteiger charge is -2.16. The highest BCUT2D eigenvalue weighted by Gasteiger charge is 2.15. The molecule has 1 aromatic heterocycles. The monoisotopic (exact) mass is 447 g/mol. The average molecular weight is 447 g/mol. The van der Waals surface area contributed by atoms with E-state index in [0.717, 1.165) is 37.9 Å². The smallest absolute Gasteiger partial charge is 0.261 e. The Morgan fingerprint density at radius 1 is 0.939 bits per heavy atom. The van der Waals surface area contributed by atoms with Crippen LogP contribution in [0.3, 0.4) is 0 Å². The first kappa shape index (κ1) is 22.2. The molecule has 0 atom stereocenters. The predicted octanol–water partition coefficient (Wildman–Crippen LogP) is 1.98. The summed E-state index contributed by atoms with van der Waals surface area (Å²) in [5.41, 5.74) is 6.69. The number of aryl methyl sites for hydroxylation is 1. The van der Waals surface area contributed by atoms with Crippen LogP contribution in [0.25, 0.3) is 10.9 Å². The summed E-state index contributed by atoms with van der Waals surface area (Å²) in [6, 6.07) is 11.1. The molecule has 0 spiro atoms. The van der Waals surface area contributed by atoms with Crippen molar-refractivity contribution in [3.8, 4) is 0 Å². The van der Waals surface area contributed by atoms with Gasteiger partial charge in [0.1, 0.15) is 5.82 Å². The second kappa shape index (κ2) is 9.64. The number of hydrogen-bond donors (Lipinski definition) is 3. The molecule has 0 unspecified atom stereocenters. The Morgan fingerprint density at radius 2 is 1.67 bits per heavy atom. The van der Waals surface area contributed by atoms with Crippen LogP contribution in [0.5, 0.6) is 0 Å². The number of carbonyl (C=O) groups excluding carboxylic acids is 3. The van der Waals surface area contributed by atoms with Crippen LogP contribution in [0, 0.1) is 0 Å². The number of nitrogens with two attached hydrogens (primary N) is 1. The molecule has 1 aliphatic heterocycles. The number of nitrogens with zero attached hydrogens (tertiary/aromatic N) is 2. The van der Waals surface area contributed by atoms with Gasteiger partial charge in [-0.2, -0.15) is 0 Å². The zero-order chi connectivity index (χ0) is 23.4. The topological polar surface area (TPSA) is 136 Å². The van der Waals surface area contributed by atoms with Crippen LogP contribution >= 0.6 is 0 Å². The molecule has 33 heavy (non-hydrogen) atoms. The minimum atomic E-state index is -0.633. The van der Waals surface area contributed by atoms with E-state index in [2.05, 4.69) is 10.6 Å². The first-order valence-electron chi connectivity index (χ1n) is 10.9. The first-order chi connectivity index (χ1) is 15.9. The fourth-order valence-electron chi connectivity index (χ4n) is 3.91. The van der Waals surface area contributed by atoms with Gasteiger partial charge in [0.2, 0.25) is 5.91 Å². The van der Waals surface area contributed by atoms with Gasteiger partial charge >= 0.3 is 0 Å². The lowest BCUT2D eigenvalue weighted by atomic mass is 10.1. The van der Waals surface area contributed by atoms with E-state index in [1.165, 1.54) is 12.1 Å². The second-order valence-electron chi connectivity index (χ2n) is 8.06. The van der Waals surface area contributed by atoms with Gasteiger partial charge in [-0.1, -0.05) is 12.8 Å². The van der Waals surface area contributed by atoms with Crippen LogP contribution in [0.2, 0.25) is 0 Å². The number of carbonyl (C=O) groups is 3. The van der Waals surface area contributed by atoms with E-state index in [1.54, 1.807) is 34.9 Å². The fraction of sp³-hybridized carbons (Fsp3) is 0.292. The molecule has 2 heterocycles. The molecule has 4 N–H and O–H groups in total. The fourth-order valence-corrected chi connectivity index (χ4v) is 3.91. The minimum Gasteiger partial charge on any atom is -0.368 e. The molecule has 3 aromatic rings. The van der Waals surface area contributed by atoms with Crippen molar-refractivity contribution >= 4 is 34.3 Å². The van der Waals surface area contributed by atoms with Crippen molar-refractivity contribution < 1.29 is 14.4 Å². The van der Waals surface area contributed by atoms with Gasteiger partial charge in [-0.15, -0.1) is 0 Å². The third-order valence-corrected chi connectivity index (χ3v) is 5.66.